The first-order valence-electron chi connectivity index (χ1n) is 9.98. The fraction of sp³-hybridized carbons (Fsp3) is 0.208. The number of nitrogens with zero attached hydrogens (tertiary/aromatic N) is 3. The van der Waals surface area contributed by atoms with E-state index in [1.54, 1.807) is 51.1 Å². The van der Waals surface area contributed by atoms with E-state index in [4.69, 9.17) is 18.7 Å². The van der Waals surface area contributed by atoms with Gasteiger partial charge < -0.3 is 18.7 Å². The minimum absolute atomic E-state index is 0.0452. The second kappa shape index (κ2) is 8.97. The molecule has 0 N–H and O–H groups in total. The van der Waals surface area contributed by atoms with E-state index in [0.717, 1.165) is 16.8 Å². The van der Waals surface area contributed by atoms with Crippen LogP contribution in [0.2, 0.25) is 0 Å². The largest absolute Gasteiger partial charge is 0.493 e. The highest BCUT2D eigenvalue weighted by Crippen LogP contribution is 2.34. The van der Waals surface area contributed by atoms with E-state index >= 15 is 0 Å². The summed E-state index contributed by atoms with van der Waals surface area (Å²) in [7, 11) is 3.14. The second-order valence-electron chi connectivity index (χ2n) is 7.12. The number of rotatable bonds is 7. The molecule has 164 valence electrons. The van der Waals surface area contributed by atoms with Crippen molar-refractivity contribution in [2.75, 3.05) is 14.2 Å². The average Bonchev–Trinajstić information content (AvgIpc) is 3.41. The minimum atomic E-state index is -0.551. The van der Waals surface area contributed by atoms with Gasteiger partial charge in [-0.15, -0.1) is 0 Å². The Morgan fingerprint density at radius 1 is 1.03 bits per heavy atom. The number of para-hydroxylation sites is 1. The minimum Gasteiger partial charge on any atom is -0.493 e. The maximum absolute atomic E-state index is 13.1. The van der Waals surface area contributed by atoms with Gasteiger partial charge in [0.05, 0.1) is 31.2 Å². The first-order valence-corrected chi connectivity index (χ1v) is 9.98. The lowest BCUT2D eigenvalue weighted by Gasteiger charge is -2.09. The van der Waals surface area contributed by atoms with Crippen molar-refractivity contribution in [3.63, 3.8) is 0 Å². The molecule has 8 heteroatoms. The van der Waals surface area contributed by atoms with Crippen LogP contribution < -0.4 is 9.47 Å². The molecule has 0 aliphatic carbocycles. The summed E-state index contributed by atoms with van der Waals surface area (Å²) >= 11 is 0. The number of benzene rings is 2. The Morgan fingerprint density at radius 2 is 1.78 bits per heavy atom. The van der Waals surface area contributed by atoms with E-state index in [0.29, 0.717) is 28.5 Å². The van der Waals surface area contributed by atoms with Crippen molar-refractivity contribution in [3.05, 3.63) is 77.4 Å². The van der Waals surface area contributed by atoms with E-state index in [-0.39, 0.29) is 12.3 Å². The molecule has 4 rings (SSSR count). The van der Waals surface area contributed by atoms with Gasteiger partial charge in [0, 0.05) is 11.8 Å². The predicted octanol–water partition coefficient (Wildman–Crippen LogP) is 4.52. The van der Waals surface area contributed by atoms with Crippen LogP contribution in [-0.2, 0) is 11.3 Å². The zero-order valence-corrected chi connectivity index (χ0v) is 18.3. The molecule has 4 aromatic rings. The lowest BCUT2D eigenvalue weighted by molar-refractivity contribution is 0.0464. The van der Waals surface area contributed by atoms with Crippen LogP contribution in [0.1, 0.15) is 27.5 Å². The Hall–Kier alpha value is -4.07. The number of hydrogen-bond donors (Lipinski definition) is 0. The lowest BCUT2D eigenvalue weighted by atomic mass is 10.1. The molecule has 2 heterocycles. The van der Waals surface area contributed by atoms with E-state index in [9.17, 15) is 4.79 Å². The highest BCUT2D eigenvalue weighted by molar-refractivity contribution is 5.95. The van der Waals surface area contributed by atoms with Gasteiger partial charge in [0.25, 0.3) is 0 Å². The van der Waals surface area contributed by atoms with Crippen LogP contribution in [0.3, 0.4) is 0 Å². The third-order valence-electron chi connectivity index (χ3n) is 5.15. The Bertz CT molecular complexity index is 1220. The van der Waals surface area contributed by atoms with Gasteiger partial charge in [-0.2, -0.15) is 5.10 Å². The molecule has 32 heavy (non-hydrogen) atoms. The number of carbonyl (C=O) groups is 1. The number of hydrogen-bond acceptors (Lipinski definition) is 7. The molecule has 0 amide bonds. The molecule has 8 nitrogen and oxygen atoms in total. The number of aromatic nitrogens is 3. The van der Waals surface area contributed by atoms with Crippen LogP contribution in [0.5, 0.6) is 11.5 Å². The predicted molar refractivity (Wildman–Crippen MR) is 117 cm³/mol. The van der Waals surface area contributed by atoms with Crippen molar-refractivity contribution in [3.8, 4) is 28.3 Å². The fourth-order valence-corrected chi connectivity index (χ4v) is 3.37. The number of ether oxygens (including phenoxy) is 3. The van der Waals surface area contributed by atoms with Gasteiger partial charge in [-0.3, -0.25) is 0 Å². The molecule has 0 aliphatic heterocycles. The van der Waals surface area contributed by atoms with Crippen LogP contribution in [0, 0.1) is 13.8 Å². The molecular weight excluding hydrogens is 410 g/mol. The van der Waals surface area contributed by atoms with Crippen molar-refractivity contribution in [2.24, 2.45) is 0 Å². The normalized spacial score (nSPS) is 10.8. The maximum atomic E-state index is 13.1. The van der Waals surface area contributed by atoms with Crippen LogP contribution >= 0.6 is 0 Å². The van der Waals surface area contributed by atoms with Gasteiger partial charge in [-0.05, 0) is 43.7 Å². The molecule has 0 radical (unpaired) electrons. The summed E-state index contributed by atoms with van der Waals surface area (Å²) in [5.74, 6) is 1.21. The van der Waals surface area contributed by atoms with Gasteiger partial charge in [0.1, 0.15) is 12.4 Å². The van der Waals surface area contributed by atoms with Gasteiger partial charge in [0.2, 0.25) is 0 Å². The average molecular weight is 433 g/mol. The van der Waals surface area contributed by atoms with Gasteiger partial charge in [-0.1, -0.05) is 29.4 Å². The number of aryl methyl sites for hydroxylation is 2. The number of carbonyl (C=O) groups excluding carboxylic acids is 1. The highest BCUT2D eigenvalue weighted by atomic mass is 16.5. The van der Waals surface area contributed by atoms with Gasteiger partial charge >= 0.3 is 5.97 Å². The molecule has 0 fully saturated rings. The molecule has 0 bridgehead atoms. The number of methoxy groups -OCH3 is 2. The topological polar surface area (TPSA) is 88.6 Å². The van der Waals surface area contributed by atoms with Crippen LogP contribution in [0.15, 0.2) is 59.3 Å². The molecule has 0 saturated carbocycles. The van der Waals surface area contributed by atoms with E-state index < -0.39 is 5.97 Å². The summed E-state index contributed by atoms with van der Waals surface area (Å²) in [6.45, 7) is 3.63. The molecule has 0 spiro atoms. The summed E-state index contributed by atoms with van der Waals surface area (Å²) in [6.07, 6.45) is 1.79. The maximum Gasteiger partial charge on any atom is 0.359 e. The lowest BCUT2D eigenvalue weighted by Crippen LogP contribution is -2.09. The molecule has 2 aromatic carbocycles. The summed E-state index contributed by atoms with van der Waals surface area (Å²) in [6, 6.07) is 15.0. The Morgan fingerprint density at radius 3 is 2.44 bits per heavy atom. The molecular formula is C24H23N3O5. The Balaban J connectivity index is 1.73. The van der Waals surface area contributed by atoms with Crippen molar-refractivity contribution < 1.29 is 23.5 Å². The third kappa shape index (κ3) is 4.07. The number of esters is 1. The third-order valence-corrected chi connectivity index (χ3v) is 5.15. The quantitative estimate of drug-likeness (QED) is 0.396. The van der Waals surface area contributed by atoms with E-state index in [1.165, 1.54) is 0 Å². The molecule has 0 unspecified atom stereocenters. The Kier molecular flexibility index (Phi) is 5.93. The monoisotopic (exact) mass is 433 g/mol. The van der Waals surface area contributed by atoms with E-state index in [2.05, 4.69) is 10.3 Å². The standard InChI is InChI=1S/C24H23N3O5/c1-15-20(16(2)32-26-15)14-31-24(28)23-19(13-27(25-23)18-8-6-5-7-9-18)17-10-11-21(29-3)22(12-17)30-4/h5-13H,14H2,1-4H3. The molecule has 0 atom stereocenters. The zero-order valence-electron chi connectivity index (χ0n) is 18.3. The van der Waals surface area contributed by atoms with Crippen LogP contribution in [0.25, 0.3) is 16.8 Å². The zero-order chi connectivity index (χ0) is 22.7. The highest BCUT2D eigenvalue weighted by Gasteiger charge is 2.22. The van der Waals surface area contributed by atoms with Crippen molar-refractivity contribution in [2.45, 2.75) is 20.5 Å². The fourth-order valence-electron chi connectivity index (χ4n) is 3.37. The first-order chi connectivity index (χ1) is 15.5. The van der Waals surface area contributed by atoms with Crippen molar-refractivity contribution >= 4 is 5.97 Å². The van der Waals surface area contributed by atoms with Gasteiger partial charge in [-0.25, -0.2) is 9.48 Å². The summed E-state index contributed by atoms with van der Waals surface area (Å²) in [4.78, 5) is 13.1. The first kappa shape index (κ1) is 21.2. The second-order valence-corrected chi connectivity index (χ2v) is 7.12. The van der Waals surface area contributed by atoms with Crippen molar-refractivity contribution in [1.82, 2.24) is 14.9 Å². The van der Waals surface area contributed by atoms with Crippen LogP contribution in [0.4, 0.5) is 0 Å². The smallest absolute Gasteiger partial charge is 0.359 e. The van der Waals surface area contributed by atoms with Crippen LogP contribution in [-0.4, -0.2) is 35.1 Å². The molecule has 0 aliphatic rings. The van der Waals surface area contributed by atoms with Gasteiger partial charge in [0.15, 0.2) is 17.2 Å². The molecule has 2 aromatic heterocycles. The Labute approximate surface area is 185 Å². The SMILES string of the molecule is COc1ccc(-c2cn(-c3ccccc3)nc2C(=O)OCc2c(C)noc2C)cc1OC. The molecule has 0 saturated heterocycles. The summed E-state index contributed by atoms with van der Waals surface area (Å²) < 4.78 is 23.1. The summed E-state index contributed by atoms with van der Waals surface area (Å²) in [5.41, 5.74) is 3.79. The summed E-state index contributed by atoms with van der Waals surface area (Å²) in [5, 5.41) is 8.43. The van der Waals surface area contributed by atoms with Crippen molar-refractivity contribution in [1.29, 1.82) is 0 Å². The van der Waals surface area contributed by atoms with E-state index in [1.807, 2.05) is 36.4 Å².